The molecule has 216 valence electrons. The number of benzene rings is 3. The van der Waals surface area contributed by atoms with E-state index < -0.39 is 12.1 Å². The molecule has 6 nitrogen and oxygen atoms in total. The summed E-state index contributed by atoms with van der Waals surface area (Å²) in [6, 6.07) is 25.3. The Balaban J connectivity index is 1.34. The quantitative estimate of drug-likeness (QED) is 0.244. The maximum absolute atomic E-state index is 13.8. The van der Waals surface area contributed by atoms with E-state index in [9.17, 15) is 9.59 Å². The van der Waals surface area contributed by atoms with Gasteiger partial charge in [0.05, 0.1) is 18.7 Å². The van der Waals surface area contributed by atoms with Gasteiger partial charge in [-0.3, -0.25) is 19.7 Å². The monoisotopic (exact) mass is 553 g/mol. The van der Waals surface area contributed by atoms with Crippen LogP contribution in [0, 0.1) is 18.8 Å². The van der Waals surface area contributed by atoms with Crippen LogP contribution in [0.4, 0.5) is 5.69 Å². The number of amides is 2. The Morgan fingerprint density at radius 2 is 1.66 bits per heavy atom. The van der Waals surface area contributed by atoms with Gasteiger partial charge in [-0.1, -0.05) is 110 Å². The first-order valence-electron chi connectivity index (χ1n) is 15.2. The highest BCUT2D eigenvalue weighted by atomic mass is 16.6. The zero-order valence-electron chi connectivity index (χ0n) is 24.1. The van der Waals surface area contributed by atoms with E-state index in [1.54, 1.807) is 0 Å². The second-order valence-corrected chi connectivity index (χ2v) is 11.8. The smallest absolute Gasteiger partial charge is 0.260 e. The molecule has 0 saturated heterocycles. The second-order valence-electron chi connectivity index (χ2n) is 11.8. The number of aryl methyl sites for hydroxylation is 1. The second kappa shape index (κ2) is 14.4. The maximum Gasteiger partial charge on any atom is 0.260 e. The Kier molecular flexibility index (Phi) is 10.2. The van der Waals surface area contributed by atoms with E-state index in [-0.39, 0.29) is 24.3 Å². The molecular weight excluding hydrogens is 510 g/mol. The summed E-state index contributed by atoms with van der Waals surface area (Å²) in [6.45, 7) is 2.37. The lowest BCUT2D eigenvalue weighted by molar-refractivity contribution is -0.137. The normalized spacial score (nSPS) is 20.0. The number of carbonyl (C=O) groups is 2. The van der Waals surface area contributed by atoms with E-state index in [2.05, 4.69) is 53.4 Å². The first kappa shape index (κ1) is 29.0. The molecule has 0 spiro atoms. The van der Waals surface area contributed by atoms with E-state index in [1.807, 2.05) is 48.5 Å². The molecule has 41 heavy (non-hydrogen) atoms. The summed E-state index contributed by atoms with van der Waals surface area (Å²) in [4.78, 5) is 33.0. The molecular formula is C35H43N3O3. The van der Waals surface area contributed by atoms with Gasteiger partial charge in [0.2, 0.25) is 5.91 Å². The van der Waals surface area contributed by atoms with Crippen molar-refractivity contribution in [3.8, 4) is 0 Å². The number of rotatable bonds is 11. The maximum atomic E-state index is 13.8. The molecule has 5 rings (SSSR count). The molecule has 2 amide bonds. The molecule has 0 bridgehead atoms. The van der Waals surface area contributed by atoms with Crippen molar-refractivity contribution in [3.05, 3.63) is 101 Å². The van der Waals surface area contributed by atoms with Gasteiger partial charge in [-0.25, -0.2) is 5.48 Å². The summed E-state index contributed by atoms with van der Waals surface area (Å²) in [5.41, 5.74) is 8.05. The molecule has 3 atom stereocenters. The van der Waals surface area contributed by atoms with Gasteiger partial charge in [0.15, 0.2) is 0 Å². The van der Waals surface area contributed by atoms with Gasteiger partial charge in [0, 0.05) is 5.69 Å². The van der Waals surface area contributed by atoms with E-state index in [4.69, 9.17) is 4.84 Å². The Bertz CT molecular complexity index is 1270. The van der Waals surface area contributed by atoms with Crippen molar-refractivity contribution in [3.63, 3.8) is 0 Å². The minimum Gasteiger partial charge on any atom is -0.324 e. The van der Waals surface area contributed by atoms with Gasteiger partial charge in [-0.15, -0.1) is 0 Å². The number of carbonyl (C=O) groups excluding carboxylic acids is 2. The van der Waals surface area contributed by atoms with Gasteiger partial charge in [0.1, 0.15) is 0 Å². The third kappa shape index (κ3) is 8.27. The average Bonchev–Trinajstić information content (AvgIpc) is 3.12. The molecule has 1 aliphatic heterocycles. The van der Waals surface area contributed by atoms with Crippen molar-refractivity contribution in [1.82, 2.24) is 10.8 Å². The van der Waals surface area contributed by atoms with Crippen LogP contribution in [0.3, 0.4) is 0 Å². The third-order valence-corrected chi connectivity index (χ3v) is 8.67. The summed E-state index contributed by atoms with van der Waals surface area (Å²) in [5.74, 6) is 0.298. The van der Waals surface area contributed by atoms with Crippen molar-refractivity contribution in [1.29, 1.82) is 0 Å². The Morgan fingerprint density at radius 1 is 0.927 bits per heavy atom. The summed E-state index contributed by atoms with van der Waals surface area (Å²) >= 11 is 0. The highest BCUT2D eigenvalue weighted by Gasteiger charge is 2.36. The number of hydroxylamine groups is 1. The minimum absolute atomic E-state index is 0.0171. The molecule has 3 N–H and O–H groups in total. The standard InChI is InChI=1S/C35H43N3O3/c1-25-16-18-27(19-17-25)22-30-23-29-14-8-9-15-31(29)37-35(40)33(30)36-32(21-20-26-10-4-2-5-11-26)34(39)38-41-24-28-12-6-3-7-13-28/h3,6-9,12-19,26,30,32-33,36H,2,4-5,10-11,20-24H2,1H3,(H,37,40)(H,38,39)/t30?,32-,33-/m0/s1. The predicted molar refractivity (Wildman–Crippen MR) is 163 cm³/mol. The number of hydrogen-bond donors (Lipinski definition) is 3. The lowest BCUT2D eigenvalue weighted by Gasteiger charge is -2.30. The first-order chi connectivity index (χ1) is 20.0. The highest BCUT2D eigenvalue weighted by Crippen LogP contribution is 2.30. The Hall–Kier alpha value is -3.48. The zero-order valence-corrected chi connectivity index (χ0v) is 24.1. The highest BCUT2D eigenvalue weighted by molar-refractivity contribution is 5.97. The number of para-hydroxylation sites is 1. The lowest BCUT2D eigenvalue weighted by Crippen LogP contribution is -2.55. The molecule has 1 saturated carbocycles. The summed E-state index contributed by atoms with van der Waals surface area (Å²) in [7, 11) is 0. The lowest BCUT2D eigenvalue weighted by atomic mass is 9.84. The fourth-order valence-corrected chi connectivity index (χ4v) is 6.29. The van der Waals surface area contributed by atoms with E-state index in [0.29, 0.717) is 12.3 Å². The Morgan fingerprint density at radius 3 is 2.44 bits per heavy atom. The first-order valence-corrected chi connectivity index (χ1v) is 15.2. The van der Waals surface area contributed by atoms with Gasteiger partial charge in [0.25, 0.3) is 5.91 Å². The molecule has 0 aromatic heterocycles. The fourth-order valence-electron chi connectivity index (χ4n) is 6.29. The van der Waals surface area contributed by atoms with Crippen LogP contribution >= 0.6 is 0 Å². The van der Waals surface area contributed by atoms with Crippen LogP contribution in [0.25, 0.3) is 0 Å². The topological polar surface area (TPSA) is 79.5 Å². The third-order valence-electron chi connectivity index (χ3n) is 8.67. The fraction of sp³-hybridized carbons (Fsp3) is 0.429. The molecule has 6 heteroatoms. The summed E-state index contributed by atoms with van der Waals surface area (Å²) < 4.78 is 0. The van der Waals surface area contributed by atoms with Crippen LogP contribution in [0.1, 0.15) is 67.2 Å². The van der Waals surface area contributed by atoms with Gasteiger partial charge in [-0.2, -0.15) is 0 Å². The Labute approximate surface area is 244 Å². The molecule has 3 aromatic carbocycles. The van der Waals surface area contributed by atoms with Crippen LogP contribution in [0.2, 0.25) is 0 Å². The van der Waals surface area contributed by atoms with Crippen molar-refractivity contribution in [2.24, 2.45) is 11.8 Å². The van der Waals surface area contributed by atoms with Crippen LogP contribution in [0.15, 0.2) is 78.9 Å². The van der Waals surface area contributed by atoms with E-state index >= 15 is 0 Å². The molecule has 1 heterocycles. The van der Waals surface area contributed by atoms with Crippen LogP contribution in [-0.2, 0) is 33.9 Å². The summed E-state index contributed by atoms with van der Waals surface area (Å²) in [5, 5.41) is 6.69. The SMILES string of the molecule is Cc1ccc(CC2Cc3ccccc3NC(=O)[C@H]2N[C@@H](CCC2CCCCC2)C(=O)NOCc2ccccc2)cc1. The van der Waals surface area contributed by atoms with Crippen molar-refractivity contribution >= 4 is 17.5 Å². The summed E-state index contributed by atoms with van der Waals surface area (Å²) in [6.07, 6.45) is 9.36. The molecule has 0 radical (unpaired) electrons. The predicted octanol–water partition coefficient (Wildman–Crippen LogP) is 6.28. The van der Waals surface area contributed by atoms with Crippen molar-refractivity contribution < 1.29 is 14.4 Å². The molecule has 2 aliphatic rings. The van der Waals surface area contributed by atoms with Gasteiger partial charge >= 0.3 is 0 Å². The van der Waals surface area contributed by atoms with Crippen LogP contribution in [0.5, 0.6) is 0 Å². The number of anilines is 1. The van der Waals surface area contributed by atoms with Crippen LogP contribution in [-0.4, -0.2) is 23.9 Å². The molecule has 1 fully saturated rings. The van der Waals surface area contributed by atoms with E-state index in [1.165, 1.54) is 43.2 Å². The number of nitrogens with one attached hydrogen (secondary N) is 3. The largest absolute Gasteiger partial charge is 0.324 e. The minimum atomic E-state index is -0.537. The van der Waals surface area contributed by atoms with Crippen LogP contribution < -0.4 is 16.1 Å². The number of fused-ring (bicyclic) bond motifs is 1. The van der Waals surface area contributed by atoms with Crippen molar-refractivity contribution in [2.75, 3.05) is 5.32 Å². The molecule has 1 aliphatic carbocycles. The zero-order chi connectivity index (χ0) is 28.4. The van der Waals surface area contributed by atoms with Crippen molar-refractivity contribution in [2.45, 2.75) is 83.4 Å². The van der Waals surface area contributed by atoms with E-state index in [0.717, 1.165) is 36.1 Å². The molecule has 1 unspecified atom stereocenters. The molecule has 3 aromatic rings. The van der Waals surface area contributed by atoms with Gasteiger partial charge in [-0.05, 0) is 67.2 Å². The average molecular weight is 554 g/mol. The number of hydrogen-bond acceptors (Lipinski definition) is 4. The van der Waals surface area contributed by atoms with Gasteiger partial charge < -0.3 is 5.32 Å².